The molecule has 0 radical (unpaired) electrons. The number of H-pyrrole nitrogens is 1. The maximum atomic E-state index is 12.8. The third-order valence-corrected chi connectivity index (χ3v) is 3.12. The summed E-state index contributed by atoms with van der Waals surface area (Å²) in [5, 5.41) is 6.52. The molecule has 8 heteroatoms. The first-order chi connectivity index (χ1) is 11.1. The summed E-state index contributed by atoms with van der Waals surface area (Å²) >= 11 is 0. The molecule has 7 nitrogen and oxygen atoms in total. The van der Waals surface area contributed by atoms with Crippen molar-refractivity contribution in [2.75, 3.05) is 0 Å². The van der Waals surface area contributed by atoms with Crippen LogP contribution in [0.15, 0.2) is 53.7 Å². The summed E-state index contributed by atoms with van der Waals surface area (Å²) in [6.45, 7) is 0.180. The fraction of sp³-hybridized carbons (Fsp3) is 0.0667. The fourth-order valence-corrected chi connectivity index (χ4v) is 1.94. The van der Waals surface area contributed by atoms with Gasteiger partial charge in [-0.1, -0.05) is 12.1 Å². The van der Waals surface area contributed by atoms with E-state index in [9.17, 15) is 14.0 Å². The van der Waals surface area contributed by atoms with Gasteiger partial charge in [0.25, 0.3) is 11.5 Å². The molecule has 116 valence electrons. The zero-order chi connectivity index (χ0) is 16.2. The highest BCUT2D eigenvalue weighted by molar-refractivity contribution is 5.93. The van der Waals surface area contributed by atoms with Gasteiger partial charge < -0.3 is 5.32 Å². The van der Waals surface area contributed by atoms with Crippen LogP contribution in [0.1, 0.15) is 15.9 Å². The van der Waals surface area contributed by atoms with Gasteiger partial charge in [-0.3, -0.25) is 14.6 Å². The standard InChI is InChI=1S/C15H12FN5O2/c16-11-4-2-10(3-5-11)8-17-13(22)12-9-18-15(20-14(12)23)21-7-1-6-19-21/h1-7,9H,8H2,(H,17,22)(H,18,20,23). The molecular formula is C15H12FN5O2. The Hall–Kier alpha value is -3.29. The topological polar surface area (TPSA) is 92.7 Å². The van der Waals surface area contributed by atoms with Crippen LogP contribution in [0.3, 0.4) is 0 Å². The average Bonchev–Trinajstić information content (AvgIpc) is 3.08. The number of aromatic amines is 1. The van der Waals surface area contributed by atoms with E-state index in [0.717, 1.165) is 5.56 Å². The minimum absolute atomic E-state index is 0.108. The third-order valence-electron chi connectivity index (χ3n) is 3.12. The summed E-state index contributed by atoms with van der Waals surface area (Å²) in [6, 6.07) is 7.39. The maximum Gasteiger partial charge on any atom is 0.265 e. The Kier molecular flexibility index (Phi) is 3.96. The van der Waals surface area contributed by atoms with Crippen molar-refractivity contribution in [1.82, 2.24) is 25.1 Å². The van der Waals surface area contributed by atoms with Gasteiger partial charge in [0.2, 0.25) is 5.95 Å². The van der Waals surface area contributed by atoms with E-state index in [1.165, 1.54) is 23.0 Å². The molecule has 0 saturated heterocycles. The normalized spacial score (nSPS) is 10.5. The summed E-state index contributed by atoms with van der Waals surface area (Å²) in [4.78, 5) is 30.5. The van der Waals surface area contributed by atoms with Crippen molar-refractivity contribution in [1.29, 1.82) is 0 Å². The molecule has 3 aromatic rings. The van der Waals surface area contributed by atoms with Gasteiger partial charge in [0, 0.05) is 25.1 Å². The smallest absolute Gasteiger partial charge is 0.265 e. The van der Waals surface area contributed by atoms with E-state index in [-0.39, 0.29) is 23.9 Å². The highest BCUT2D eigenvalue weighted by Gasteiger charge is 2.12. The zero-order valence-corrected chi connectivity index (χ0v) is 11.9. The lowest BCUT2D eigenvalue weighted by Gasteiger charge is -2.05. The molecule has 0 unspecified atom stereocenters. The van der Waals surface area contributed by atoms with E-state index in [1.54, 1.807) is 30.6 Å². The Balaban J connectivity index is 1.72. The maximum absolute atomic E-state index is 12.8. The van der Waals surface area contributed by atoms with Crippen LogP contribution >= 0.6 is 0 Å². The van der Waals surface area contributed by atoms with E-state index < -0.39 is 11.5 Å². The molecule has 0 spiro atoms. The molecule has 1 amide bonds. The molecule has 2 aromatic heterocycles. The second-order valence-electron chi connectivity index (χ2n) is 4.71. The van der Waals surface area contributed by atoms with Gasteiger partial charge in [0.1, 0.15) is 11.4 Å². The van der Waals surface area contributed by atoms with Crippen molar-refractivity contribution in [2.45, 2.75) is 6.54 Å². The van der Waals surface area contributed by atoms with E-state index in [1.807, 2.05) is 0 Å². The fourth-order valence-electron chi connectivity index (χ4n) is 1.94. The molecule has 0 aliphatic heterocycles. The molecule has 23 heavy (non-hydrogen) atoms. The van der Waals surface area contributed by atoms with Crippen LogP contribution in [0.25, 0.3) is 5.95 Å². The van der Waals surface area contributed by atoms with Crippen LogP contribution in [-0.2, 0) is 6.54 Å². The number of carbonyl (C=O) groups excluding carboxylic acids is 1. The molecule has 0 aliphatic carbocycles. The van der Waals surface area contributed by atoms with Crippen LogP contribution < -0.4 is 10.9 Å². The second kappa shape index (κ2) is 6.22. The lowest BCUT2D eigenvalue weighted by Crippen LogP contribution is -2.30. The first-order valence-corrected chi connectivity index (χ1v) is 6.75. The second-order valence-corrected chi connectivity index (χ2v) is 4.71. The van der Waals surface area contributed by atoms with E-state index in [4.69, 9.17) is 0 Å². The predicted molar refractivity (Wildman–Crippen MR) is 79.5 cm³/mol. The van der Waals surface area contributed by atoms with Gasteiger partial charge in [-0.05, 0) is 23.8 Å². The van der Waals surface area contributed by atoms with Crippen LogP contribution in [0, 0.1) is 5.82 Å². The SMILES string of the molecule is O=C(NCc1ccc(F)cc1)c1cnc(-n2cccn2)[nH]c1=O. The lowest BCUT2D eigenvalue weighted by molar-refractivity contribution is 0.0949. The average molecular weight is 313 g/mol. The predicted octanol–water partition coefficient (Wildman–Crippen LogP) is 1.02. The molecule has 3 rings (SSSR count). The Morgan fingerprint density at radius 1 is 1.30 bits per heavy atom. The number of aromatic nitrogens is 4. The number of benzene rings is 1. The Morgan fingerprint density at radius 2 is 2.09 bits per heavy atom. The van der Waals surface area contributed by atoms with Crippen molar-refractivity contribution in [3.63, 3.8) is 0 Å². The van der Waals surface area contributed by atoms with Gasteiger partial charge in [-0.25, -0.2) is 14.1 Å². The summed E-state index contributed by atoms with van der Waals surface area (Å²) in [5.74, 6) is -0.694. The summed E-state index contributed by atoms with van der Waals surface area (Å²) < 4.78 is 14.2. The van der Waals surface area contributed by atoms with Crippen molar-refractivity contribution in [3.8, 4) is 5.95 Å². The van der Waals surface area contributed by atoms with Crippen LogP contribution in [-0.4, -0.2) is 25.7 Å². The number of hydrogen-bond donors (Lipinski definition) is 2. The number of halogens is 1. The Bertz CT molecular complexity index is 872. The third kappa shape index (κ3) is 3.31. The summed E-state index contributed by atoms with van der Waals surface area (Å²) in [5.41, 5.74) is 0.0439. The molecule has 0 fully saturated rings. The van der Waals surface area contributed by atoms with Gasteiger partial charge >= 0.3 is 0 Å². The number of hydrogen-bond acceptors (Lipinski definition) is 4. The molecular weight excluding hydrogens is 301 g/mol. The monoisotopic (exact) mass is 313 g/mol. The van der Waals surface area contributed by atoms with Crippen molar-refractivity contribution in [2.24, 2.45) is 0 Å². The molecule has 0 aliphatic rings. The number of nitrogens with zero attached hydrogens (tertiary/aromatic N) is 3. The number of amides is 1. The molecule has 1 aromatic carbocycles. The van der Waals surface area contributed by atoms with E-state index in [0.29, 0.717) is 0 Å². The van der Waals surface area contributed by atoms with E-state index >= 15 is 0 Å². The largest absolute Gasteiger partial charge is 0.348 e. The minimum Gasteiger partial charge on any atom is -0.348 e. The highest BCUT2D eigenvalue weighted by atomic mass is 19.1. The first-order valence-electron chi connectivity index (χ1n) is 6.75. The number of rotatable bonds is 4. The quantitative estimate of drug-likeness (QED) is 0.752. The van der Waals surface area contributed by atoms with Gasteiger partial charge in [0.15, 0.2) is 0 Å². The number of carbonyl (C=O) groups is 1. The highest BCUT2D eigenvalue weighted by Crippen LogP contribution is 2.03. The first kappa shape index (κ1) is 14.6. The van der Waals surface area contributed by atoms with Crippen LogP contribution in [0.2, 0.25) is 0 Å². The van der Waals surface area contributed by atoms with Crippen molar-refractivity contribution in [3.05, 3.63) is 76.2 Å². The molecule has 2 heterocycles. The Morgan fingerprint density at radius 3 is 2.74 bits per heavy atom. The zero-order valence-electron chi connectivity index (χ0n) is 11.9. The molecule has 0 bridgehead atoms. The van der Waals surface area contributed by atoms with Gasteiger partial charge in [-0.15, -0.1) is 0 Å². The van der Waals surface area contributed by atoms with Crippen LogP contribution in [0.5, 0.6) is 0 Å². The molecule has 0 saturated carbocycles. The minimum atomic E-state index is -0.567. The summed E-state index contributed by atoms with van der Waals surface area (Å²) in [6.07, 6.45) is 4.35. The Labute approximate surface area is 129 Å². The van der Waals surface area contributed by atoms with Crippen molar-refractivity contribution >= 4 is 5.91 Å². The van der Waals surface area contributed by atoms with Gasteiger partial charge in [-0.2, -0.15) is 5.10 Å². The number of nitrogens with one attached hydrogen (secondary N) is 2. The lowest BCUT2D eigenvalue weighted by atomic mass is 10.2. The van der Waals surface area contributed by atoms with Crippen LogP contribution in [0.4, 0.5) is 4.39 Å². The summed E-state index contributed by atoms with van der Waals surface area (Å²) in [7, 11) is 0. The van der Waals surface area contributed by atoms with Crippen molar-refractivity contribution < 1.29 is 9.18 Å². The van der Waals surface area contributed by atoms with E-state index in [2.05, 4.69) is 20.4 Å². The molecule has 2 N–H and O–H groups in total. The molecule has 0 atom stereocenters. The van der Waals surface area contributed by atoms with Gasteiger partial charge in [0.05, 0.1) is 0 Å².